The summed E-state index contributed by atoms with van der Waals surface area (Å²) < 4.78 is 0. The summed E-state index contributed by atoms with van der Waals surface area (Å²) in [5.74, 6) is 0.815. The second-order valence-corrected chi connectivity index (χ2v) is 7.53. The van der Waals surface area contributed by atoms with Crippen LogP contribution in [0.2, 0.25) is 0 Å². The third-order valence-corrected chi connectivity index (χ3v) is 4.30. The van der Waals surface area contributed by atoms with Gasteiger partial charge in [-0.25, -0.2) is 0 Å². The maximum Gasteiger partial charge on any atom is 0.253 e. The monoisotopic (exact) mass is 288 g/mol. The molecule has 3 heteroatoms. The van der Waals surface area contributed by atoms with Gasteiger partial charge in [-0.1, -0.05) is 20.8 Å². The molecular formula is C18H28N2O. The Kier molecular flexibility index (Phi) is 4.60. The van der Waals surface area contributed by atoms with Crippen molar-refractivity contribution in [3.05, 3.63) is 29.8 Å². The van der Waals surface area contributed by atoms with Gasteiger partial charge in [0, 0.05) is 31.4 Å². The molecule has 1 aromatic rings. The van der Waals surface area contributed by atoms with Crippen LogP contribution < -0.4 is 5.32 Å². The topological polar surface area (TPSA) is 32.3 Å². The van der Waals surface area contributed by atoms with E-state index in [1.165, 1.54) is 19.3 Å². The number of carbonyl (C=O) groups is 1. The summed E-state index contributed by atoms with van der Waals surface area (Å²) in [5.41, 5.74) is 2.26. The van der Waals surface area contributed by atoms with Crippen molar-refractivity contribution in [1.82, 2.24) is 4.90 Å². The SMILES string of the molecule is CC1CC(Nc2ccc(C(=O)N(C)C)cc2)CC(C)(C)C1. The van der Waals surface area contributed by atoms with Crippen molar-refractivity contribution in [3.8, 4) is 0 Å². The lowest BCUT2D eigenvalue weighted by atomic mass is 9.70. The molecule has 0 bridgehead atoms. The van der Waals surface area contributed by atoms with Crippen LogP contribution in [0.4, 0.5) is 5.69 Å². The van der Waals surface area contributed by atoms with Crippen LogP contribution in [0.3, 0.4) is 0 Å². The van der Waals surface area contributed by atoms with Gasteiger partial charge in [-0.3, -0.25) is 4.79 Å². The van der Waals surface area contributed by atoms with Crippen LogP contribution >= 0.6 is 0 Å². The Labute approximate surface area is 128 Å². The van der Waals surface area contributed by atoms with E-state index in [-0.39, 0.29) is 5.91 Å². The zero-order chi connectivity index (χ0) is 15.6. The number of benzene rings is 1. The van der Waals surface area contributed by atoms with Gasteiger partial charge in [0.15, 0.2) is 0 Å². The molecule has 0 aliphatic heterocycles. The Balaban J connectivity index is 2.02. The molecule has 3 nitrogen and oxygen atoms in total. The molecule has 1 aliphatic rings. The highest BCUT2D eigenvalue weighted by molar-refractivity contribution is 5.94. The summed E-state index contributed by atoms with van der Waals surface area (Å²) in [5, 5.41) is 3.64. The zero-order valence-corrected chi connectivity index (χ0v) is 13.9. The molecule has 0 aromatic heterocycles. The van der Waals surface area contributed by atoms with Crippen molar-refractivity contribution < 1.29 is 4.79 Å². The minimum Gasteiger partial charge on any atom is -0.382 e. The number of rotatable bonds is 3. The average Bonchev–Trinajstić information content (AvgIpc) is 2.36. The molecule has 0 heterocycles. The van der Waals surface area contributed by atoms with E-state index in [1.54, 1.807) is 19.0 Å². The lowest BCUT2D eigenvalue weighted by Crippen LogP contribution is -2.35. The first kappa shape index (κ1) is 15.9. The van der Waals surface area contributed by atoms with Gasteiger partial charge in [-0.15, -0.1) is 0 Å². The second kappa shape index (κ2) is 6.08. The molecule has 0 saturated heterocycles. The summed E-state index contributed by atoms with van der Waals surface area (Å²) >= 11 is 0. The number of hydrogen-bond acceptors (Lipinski definition) is 2. The van der Waals surface area contributed by atoms with Crippen LogP contribution in [0.1, 0.15) is 50.4 Å². The average molecular weight is 288 g/mol. The molecule has 1 aromatic carbocycles. The predicted octanol–water partition coefficient (Wildman–Crippen LogP) is 4.02. The van der Waals surface area contributed by atoms with Gasteiger partial charge in [0.05, 0.1) is 0 Å². The first-order valence-corrected chi connectivity index (χ1v) is 7.85. The standard InChI is InChI=1S/C18H28N2O/c1-13-10-16(12-18(2,3)11-13)19-15-8-6-14(7-9-15)17(21)20(4)5/h6-9,13,16,19H,10-12H2,1-5H3. The molecule has 2 atom stereocenters. The molecule has 21 heavy (non-hydrogen) atoms. The molecule has 116 valence electrons. The first-order chi connectivity index (χ1) is 9.77. The van der Waals surface area contributed by atoms with Crippen LogP contribution in [-0.4, -0.2) is 30.9 Å². The number of hydrogen-bond donors (Lipinski definition) is 1. The Morgan fingerprint density at radius 3 is 2.33 bits per heavy atom. The van der Waals surface area contributed by atoms with Crippen molar-refractivity contribution in [3.63, 3.8) is 0 Å². The highest BCUT2D eigenvalue weighted by Gasteiger charge is 2.31. The quantitative estimate of drug-likeness (QED) is 0.911. The molecule has 1 N–H and O–H groups in total. The van der Waals surface area contributed by atoms with Gasteiger partial charge in [0.2, 0.25) is 0 Å². The van der Waals surface area contributed by atoms with Crippen molar-refractivity contribution in [1.29, 1.82) is 0 Å². The summed E-state index contributed by atoms with van der Waals surface area (Å²) in [7, 11) is 3.56. The van der Waals surface area contributed by atoms with Gasteiger partial charge >= 0.3 is 0 Å². The minimum atomic E-state index is 0.0500. The third kappa shape index (κ3) is 4.23. The van der Waals surface area contributed by atoms with E-state index in [4.69, 9.17) is 0 Å². The Hall–Kier alpha value is -1.51. The highest BCUT2D eigenvalue weighted by Crippen LogP contribution is 2.39. The summed E-state index contributed by atoms with van der Waals surface area (Å²) in [4.78, 5) is 13.5. The van der Waals surface area contributed by atoms with Crippen LogP contribution in [0.5, 0.6) is 0 Å². The van der Waals surface area contributed by atoms with Gasteiger partial charge < -0.3 is 10.2 Å². The number of nitrogens with one attached hydrogen (secondary N) is 1. The Morgan fingerprint density at radius 1 is 1.19 bits per heavy atom. The Morgan fingerprint density at radius 2 is 1.81 bits per heavy atom. The summed E-state index contributed by atoms with van der Waals surface area (Å²) in [6.45, 7) is 7.06. The van der Waals surface area contributed by atoms with Gasteiger partial charge in [0.1, 0.15) is 0 Å². The van der Waals surface area contributed by atoms with Gasteiger partial charge in [0.25, 0.3) is 5.91 Å². The summed E-state index contributed by atoms with van der Waals surface area (Å²) in [6.07, 6.45) is 3.74. The number of anilines is 1. The van der Waals surface area contributed by atoms with Crippen LogP contribution in [0.15, 0.2) is 24.3 Å². The molecular weight excluding hydrogens is 260 g/mol. The minimum absolute atomic E-state index is 0.0500. The van der Waals surface area contributed by atoms with Crippen molar-refractivity contribution in [2.75, 3.05) is 19.4 Å². The third-order valence-electron chi connectivity index (χ3n) is 4.30. The normalized spacial score (nSPS) is 24.4. The molecule has 0 spiro atoms. The molecule has 1 saturated carbocycles. The Bertz CT molecular complexity index is 490. The van der Waals surface area contributed by atoms with Gasteiger partial charge in [-0.2, -0.15) is 0 Å². The molecule has 0 radical (unpaired) electrons. The molecule has 2 rings (SSSR count). The molecule has 1 aliphatic carbocycles. The molecule has 1 amide bonds. The van der Waals surface area contributed by atoms with Crippen LogP contribution in [-0.2, 0) is 0 Å². The zero-order valence-electron chi connectivity index (χ0n) is 13.9. The van der Waals surface area contributed by atoms with E-state index in [2.05, 4.69) is 26.1 Å². The van der Waals surface area contributed by atoms with E-state index in [0.29, 0.717) is 11.5 Å². The molecule has 2 unspecified atom stereocenters. The van der Waals surface area contributed by atoms with Crippen LogP contribution in [0, 0.1) is 11.3 Å². The van der Waals surface area contributed by atoms with Crippen molar-refractivity contribution in [2.45, 2.75) is 46.1 Å². The van der Waals surface area contributed by atoms with Crippen molar-refractivity contribution >= 4 is 11.6 Å². The van der Waals surface area contributed by atoms with E-state index >= 15 is 0 Å². The summed E-state index contributed by atoms with van der Waals surface area (Å²) in [6, 6.07) is 8.37. The lowest BCUT2D eigenvalue weighted by molar-refractivity contribution is 0.0827. The van der Waals surface area contributed by atoms with E-state index in [0.717, 1.165) is 17.2 Å². The second-order valence-electron chi connectivity index (χ2n) is 7.53. The fourth-order valence-electron chi connectivity index (χ4n) is 3.66. The fraction of sp³-hybridized carbons (Fsp3) is 0.611. The van der Waals surface area contributed by atoms with Crippen molar-refractivity contribution in [2.24, 2.45) is 11.3 Å². The smallest absolute Gasteiger partial charge is 0.253 e. The molecule has 1 fully saturated rings. The number of nitrogens with zero attached hydrogens (tertiary/aromatic N) is 1. The van der Waals surface area contributed by atoms with Crippen LogP contribution in [0.25, 0.3) is 0 Å². The predicted molar refractivity (Wildman–Crippen MR) is 88.7 cm³/mol. The van der Waals surface area contributed by atoms with E-state index < -0.39 is 0 Å². The lowest BCUT2D eigenvalue weighted by Gasteiger charge is -2.39. The number of amides is 1. The van der Waals surface area contributed by atoms with Gasteiger partial charge in [-0.05, 0) is 54.9 Å². The highest BCUT2D eigenvalue weighted by atomic mass is 16.2. The maximum atomic E-state index is 11.9. The maximum absolute atomic E-state index is 11.9. The van der Waals surface area contributed by atoms with E-state index in [9.17, 15) is 4.79 Å². The van der Waals surface area contributed by atoms with E-state index in [1.807, 2.05) is 24.3 Å². The fourth-order valence-corrected chi connectivity index (χ4v) is 3.66. The largest absolute Gasteiger partial charge is 0.382 e. The first-order valence-electron chi connectivity index (χ1n) is 7.85. The number of carbonyl (C=O) groups excluding carboxylic acids is 1.